The highest BCUT2D eigenvalue weighted by Crippen LogP contribution is 2.32. The molecule has 204 valence electrons. The summed E-state index contributed by atoms with van der Waals surface area (Å²) in [7, 11) is 0. The molecule has 1 aliphatic heterocycles. The molecule has 1 aliphatic rings. The van der Waals surface area contributed by atoms with E-state index >= 15 is 0 Å². The Labute approximate surface area is 233 Å². The van der Waals surface area contributed by atoms with Crippen LogP contribution < -0.4 is 10.6 Å². The molecule has 10 nitrogen and oxygen atoms in total. The molecule has 6 heterocycles. The molecule has 1 saturated heterocycles. The molecule has 0 spiro atoms. The van der Waals surface area contributed by atoms with Crippen molar-refractivity contribution in [2.75, 3.05) is 18.4 Å². The van der Waals surface area contributed by atoms with Gasteiger partial charge >= 0.3 is 0 Å². The smallest absolute Gasteiger partial charge is 0.224 e. The number of carbonyl (C=O) groups excluding carboxylic acids is 1. The lowest BCUT2D eigenvalue weighted by Crippen LogP contribution is -2.30. The van der Waals surface area contributed by atoms with Crippen LogP contribution in [0.25, 0.3) is 55.8 Å². The maximum Gasteiger partial charge on any atom is 0.224 e. The van der Waals surface area contributed by atoms with Gasteiger partial charge in [0.2, 0.25) is 5.91 Å². The number of amides is 1. The van der Waals surface area contributed by atoms with Gasteiger partial charge in [-0.25, -0.2) is 9.37 Å². The Balaban J connectivity index is 1.19. The molecule has 7 rings (SSSR count). The van der Waals surface area contributed by atoms with E-state index in [1.165, 1.54) is 12.1 Å². The first-order chi connectivity index (χ1) is 20.1. The van der Waals surface area contributed by atoms with Crippen LogP contribution in [0, 0.1) is 11.7 Å². The fourth-order valence-electron chi connectivity index (χ4n) is 5.38. The van der Waals surface area contributed by atoms with Crippen LogP contribution in [0.3, 0.4) is 0 Å². The molecule has 0 aliphatic carbocycles. The van der Waals surface area contributed by atoms with Crippen LogP contribution >= 0.6 is 0 Å². The van der Waals surface area contributed by atoms with Crippen LogP contribution in [0.5, 0.6) is 0 Å². The molecule has 6 aromatic rings. The first-order valence-electron chi connectivity index (χ1n) is 13.5. The van der Waals surface area contributed by atoms with Crippen molar-refractivity contribution in [1.82, 2.24) is 40.4 Å². The van der Waals surface area contributed by atoms with Gasteiger partial charge in [0.05, 0.1) is 46.5 Å². The number of rotatable bonds is 6. The number of pyridine rings is 3. The van der Waals surface area contributed by atoms with Crippen LogP contribution in [0.4, 0.5) is 10.1 Å². The van der Waals surface area contributed by atoms with Crippen LogP contribution in [-0.4, -0.2) is 54.1 Å². The molecule has 5 aromatic heterocycles. The Morgan fingerprint density at radius 2 is 1.85 bits per heavy atom. The fraction of sp³-hybridized carbons (Fsp3) is 0.200. The topological polar surface area (TPSA) is 137 Å². The predicted octanol–water partition coefficient (Wildman–Crippen LogP) is 5.09. The largest absolute Gasteiger partial charge is 0.335 e. The Morgan fingerprint density at radius 1 is 0.976 bits per heavy atom. The molecule has 0 saturated carbocycles. The fourth-order valence-corrected chi connectivity index (χ4v) is 5.38. The minimum atomic E-state index is -0.325. The zero-order valence-corrected chi connectivity index (χ0v) is 22.0. The van der Waals surface area contributed by atoms with Crippen molar-refractivity contribution in [2.45, 2.75) is 19.3 Å². The second-order valence-corrected chi connectivity index (χ2v) is 10.3. The SMILES string of the molecule is O=C(CC1CCNCC1)Nc1cncc(-c2cc3c(-c4nc5c(-c6cccc(F)c6)cncc5[nH]4)n[nH]c3cn2)c1. The number of hydrogen-bond donors (Lipinski definition) is 4. The summed E-state index contributed by atoms with van der Waals surface area (Å²) in [5.41, 5.74) is 6.22. The zero-order valence-electron chi connectivity index (χ0n) is 22.0. The molecule has 1 fully saturated rings. The maximum absolute atomic E-state index is 13.9. The predicted molar refractivity (Wildman–Crippen MR) is 154 cm³/mol. The third-order valence-electron chi connectivity index (χ3n) is 7.45. The molecule has 41 heavy (non-hydrogen) atoms. The lowest BCUT2D eigenvalue weighted by atomic mass is 9.94. The second-order valence-electron chi connectivity index (χ2n) is 10.3. The molecule has 0 radical (unpaired) electrons. The van der Waals surface area contributed by atoms with Crippen molar-refractivity contribution in [3.63, 3.8) is 0 Å². The van der Waals surface area contributed by atoms with E-state index in [9.17, 15) is 9.18 Å². The molecule has 0 atom stereocenters. The Bertz CT molecular complexity index is 1890. The van der Waals surface area contributed by atoms with Crippen LogP contribution in [0.1, 0.15) is 19.3 Å². The third kappa shape index (κ3) is 5.03. The minimum absolute atomic E-state index is 0.00614. The molecule has 0 unspecified atom stereocenters. The molecule has 4 N–H and O–H groups in total. The number of aromatic nitrogens is 7. The Kier molecular flexibility index (Phi) is 6.40. The average molecular weight is 548 g/mol. The molecular formula is C30H26FN9O. The van der Waals surface area contributed by atoms with Gasteiger partial charge in [0, 0.05) is 35.3 Å². The van der Waals surface area contributed by atoms with E-state index in [4.69, 9.17) is 4.98 Å². The lowest BCUT2D eigenvalue weighted by Gasteiger charge is -2.21. The standard InChI is InChI=1S/C30H26FN9O/c31-20-3-1-2-18(9-20)23-14-34-15-26-28(23)38-30(37-26)29-22-11-24(35-16-25(22)39-40-29)19-10-21(13-33-12-19)36-27(41)8-17-4-6-32-7-5-17/h1-3,9-17,32H,4-8H2,(H,36,41)(H,37,38)(H,39,40). The van der Waals surface area contributed by atoms with Crippen molar-refractivity contribution < 1.29 is 9.18 Å². The second kappa shape index (κ2) is 10.5. The summed E-state index contributed by atoms with van der Waals surface area (Å²) in [6.07, 6.45) is 11.0. The van der Waals surface area contributed by atoms with Gasteiger partial charge < -0.3 is 15.6 Å². The number of carbonyl (C=O) groups is 1. The van der Waals surface area contributed by atoms with Gasteiger partial charge in [-0.3, -0.25) is 24.8 Å². The number of fused-ring (bicyclic) bond motifs is 2. The average Bonchev–Trinajstić information content (AvgIpc) is 3.61. The molecule has 1 aromatic carbocycles. The van der Waals surface area contributed by atoms with Gasteiger partial charge in [-0.05, 0) is 61.7 Å². The first-order valence-corrected chi connectivity index (χ1v) is 13.5. The summed E-state index contributed by atoms with van der Waals surface area (Å²) >= 11 is 0. The van der Waals surface area contributed by atoms with E-state index in [0.717, 1.165) is 48.0 Å². The normalized spacial score (nSPS) is 14.1. The van der Waals surface area contributed by atoms with Gasteiger partial charge in [0.1, 0.15) is 11.5 Å². The lowest BCUT2D eigenvalue weighted by molar-refractivity contribution is -0.117. The first kappa shape index (κ1) is 25.0. The van der Waals surface area contributed by atoms with E-state index in [0.29, 0.717) is 51.8 Å². The van der Waals surface area contributed by atoms with Crippen LogP contribution in [-0.2, 0) is 4.79 Å². The monoisotopic (exact) mass is 547 g/mol. The molecule has 11 heteroatoms. The maximum atomic E-state index is 13.9. The van der Waals surface area contributed by atoms with Gasteiger partial charge in [-0.1, -0.05) is 12.1 Å². The third-order valence-corrected chi connectivity index (χ3v) is 7.45. The van der Waals surface area contributed by atoms with Crippen molar-refractivity contribution >= 4 is 33.5 Å². The summed E-state index contributed by atoms with van der Waals surface area (Å²) in [6, 6.07) is 10.2. The Hall–Kier alpha value is -5.03. The summed E-state index contributed by atoms with van der Waals surface area (Å²) in [5, 5.41) is 14.7. The molecule has 1 amide bonds. The Morgan fingerprint density at radius 3 is 2.73 bits per heavy atom. The van der Waals surface area contributed by atoms with Gasteiger partial charge in [0.15, 0.2) is 5.82 Å². The van der Waals surface area contributed by atoms with Gasteiger partial charge in [-0.2, -0.15) is 5.10 Å². The number of halogens is 1. The number of nitrogens with zero attached hydrogens (tertiary/aromatic N) is 5. The number of aromatic amines is 2. The van der Waals surface area contributed by atoms with Crippen LogP contribution in [0.2, 0.25) is 0 Å². The van der Waals surface area contributed by atoms with Crippen molar-refractivity contribution in [3.05, 3.63) is 73.2 Å². The number of benzene rings is 1. The van der Waals surface area contributed by atoms with Crippen molar-refractivity contribution in [3.8, 4) is 33.9 Å². The molecule has 0 bridgehead atoms. The highest BCUT2D eigenvalue weighted by Gasteiger charge is 2.19. The number of H-pyrrole nitrogens is 2. The number of nitrogens with one attached hydrogen (secondary N) is 4. The quantitative estimate of drug-likeness (QED) is 0.228. The highest BCUT2D eigenvalue weighted by atomic mass is 19.1. The molecular weight excluding hydrogens is 521 g/mol. The zero-order chi connectivity index (χ0) is 27.8. The minimum Gasteiger partial charge on any atom is -0.335 e. The summed E-state index contributed by atoms with van der Waals surface area (Å²) in [4.78, 5) is 34.0. The number of imidazole rings is 1. The summed E-state index contributed by atoms with van der Waals surface area (Å²) in [6.45, 7) is 1.91. The van der Waals surface area contributed by atoms with Gasteiger partial charge in [-0.15, -0.1) is 0 Å². The highest BCUT2D eigenvalue weighted by molar-refractivity contribution is 5.97. The summed E-state index contributed by atoms with van der Waals surface area (Å²) < 4.78 is 13.9. The van der Waals surface area contributed by atoms with Crippen molar-refractivity contribution in [2.24, 2.45) is 5.92 Å². The van der Waals surface area contributed by atoms with E-state index in [-0.39, 0.29) is 11.7 Å². The number of piperidine rings is 1. The number of anilines is 1. The van der Waals surface area contributed by atoms with Crippen LogP contribution in [0.15, 0.2) is 67.4 Å². The summed E-state index contributed by atoms with van der Waals surface area (Å²) in [5.74, 6) is 0.614. The van der Waals surface area contributed by atoms with E-state index in [2.05, 4.69) is 40.8 Å². The van der Waals surface area contributed by atoms with E-state index in [1.54, 1.807) is 37.1 Å². The van der Waals surface area contributed by atoms with Crippen molar-refractivity contribution in [1.29, 1.82) is 0 Å². The van der Waals surface area contributed by atoms with E-state index in [1.807, 2.05) is 18.2 Å². The van der Waals surface area contributed by atoms with E-state index < -0.39 is 0 Å². The van der Waals surface area contributed by atoms with Gasteiger partial charge in [0.25, 0.3) is 0 Å². The number of hydrogen-bond acceptors (Lipinski definition) is 7.